The lowest BCUT2D eigenvalue weighted by Gasteiger charge is -2.24. The minimum absolute atomic E-state index is 0.0852. The van der Waals surface area contributed by atoms with Crippen molar-refractivity contribution in [1.82, 2.24) is 14.0 Å². The number of hydrogen-bond acceptors (Lipinski definition) is 3. The summed E-state index contributed by atoms with van der Waals surface area (Å²) in [5, 5.41) is 0. The first-order valence-electron chi connectivity index (χ1n) is 6.96. The average molecular weight is 265 g/mol. The zero-order chi connectivity index (χ0) is 14.0. The Kier molecular flexibility index (Phi) is 4.24. The topological polar surface area (TPSA) is 47.2 Å². The minimum atomic E-state index is -0.181. The molecule has 1 heterocycles. The van der Waals surface area contributed by atoms with E-state index in [0.29, 0.717) is 12.1 Å². The fraction of sp³-hybridized carbons (Fsp3) is 0.714. The van der Waals surface area contributed by atoms with Crippen LogP contribution in [0.5, 0.6) is 0 Å². The molecule has 0 radical (unpaired) electrons. The third-order valence-electron chi connectivity index (χ3n) is 3.78. The standard InChI is InChI=1S/C14H23N3O2/c1-15(2)9-11-10-16(3)14(19)17(13(11)18)12-7-5-4-6-8-12/h10,12H,4-9H2,1-3H3. The maximum atomic E-state index is 12.5. The molecule has 5 nitrogen and oxygen atoms in total. The molecule has 1 aliphatic rings. The molecule has 19 heavy (non-hydrogen) atoms. The van der Waals surface area contributed by atoms with E-state index in [1.54, 1.807) is 13.2 Å². The normalized spacial score (nSPS) is 17.1. The first-order valence-corrected chi connectivity index (χ1v) is 6.96. The van der Waals surface area contributed by atoms with E-state index in [1.807, 2.05) is 19.0 Å². The molecule has 1 aromatic heterocycles. The molecule has 0 N–H and O–H groups in total. The van der Waals surface area contributed by atoms with Crippen molar-refractivity contribution in [3.05, 3.63) is 32.6 Å². The Bertz CT molecular complexity index is 551. The molecule has 0 atom stereocenters. The molecule has 5 heteroatoms. The highest BCUT2D eigenvalue weighted by atomic mass is 16.2. The van der Waals surface area contributed by atoms with Crippen LogP contribution in [0.3, 0.4) is 0 Å². The fourth-order valence-electron chi connectivity index (χ4n) is 2.87. The Hall–Kier alpha value is -1.36. The Labute approximate surface area is 113 Å². The van der Waals surface area contributed by atoms with Crippen molar-refractivity contribution in [2.24, 2.45) is 7.05 Å². The van der Waals surface area contributed by atoms with Crippen LogP contribution in [0.1, 0.15) is 43.7 Å². The second-order valence-corrected chi connectivity index (χ2v) is 5.75. The van der Waals surface area contributed by atoms with Crippen molar-refractivity contribution in [3.8, 4) is 0 Å². The Balaban J connectivity index is 2.48. The number of aromatic nitrogens is 2. The lowest BCUT2D eigenvalue weighted by Crippen LogP contribution is -2.43. The minimum Gasteiger partial charge on any atom is -0.305 e. The highest BCUT2D eigenvalue weighted by molar-refractivity contribution is 5.06. The highest BCUT2D eigenvalue weighted by Gasteiger charge is 2.21. The van der Waals surface area contributed by atoms with Crippen molar-refractivity contribution in [1.29, 1.82) is 0 Å². The summed E-state index contributed by atoms with van der Waals surface area (Å²) < 4.78 is 3.02. The van der Waals surface area contributed by atoms with Crippen LogP contribution < -0.4 is 11.2 Å². The predicted molar refractivity (Wildman–Crippen MR) is 75.5 cm³/mol. The summed E-state index contributed by atoms with van der Waals surface area (Å²) in [6.07, 6.45) is 6.99. The van der Waals surface area contributed by atoms with Crippen molar-refractivity contribution in [3.63, 3.8) is 0 Å². The van der Waals surface area contributed by atoms with Gasteiger partial charge in [0.05, 0.1) is 0 Å². The van der Waals surface area contributed by atoms with Crippen molar-refractivity contribution in [2.45, 2.75) is 44.7 Å². The van der Waals surface area contributed by atoms with Gasteiger partial charge >= 0.3 is 5.69 Å². The quantitative estimate of drug-likeness (QED) is 0.822. The van der Waals surface area contributed by atoms with Gasteiger partial charge in [-0.15, -0.1) is 0 Å². The van der Waals surface area contributed by atoms with Gasteiger partial charge in [-0.2, -0.15) is 0 Å². The molecule has 0 unspecified atom stereocenters. The van der Waals surface area contributed by atoms with Crippen LogP contribution in [-0.2, 0) is 13.6 Å². The van der Waals surface area contributed by atoms with Gasteiger partial charge in [-0.05, 0) is 26.9 Å². The van der Waals surface area contributed by atoms with Crippen LogP contribution in [0, 0.1) is 0 Å². The molecule has 2 rings (SSSR count). The first-order chi connectivity index (χ1) is 9.00. The van der Waals surface area contributed by atoms with E-state index in [2.05, 4.69) is 0 Å². The zero-order valence-electron chi connectivity index (χ0n) is 12.1. The average Bonchev–Trinajstić information content (AvgIpc) is 2.37. The van der Waals surface area contributed by atoms with Crippen LogP contribution in [0.25, 0.3) is 0 Å². The van der Waals surface area contributed by atoms with E-state index in [4.69, 9.17) is 0 Å². The molecule has 1 fully saturated rings. The molecule has 1 aliphatic carbocycles. The molecule has 1 saturated carbocycles. The van der Waals surface area contributed by atoms with Gasteiger partial charge in [0.2, 0.25) is 0 Å². The summed E-state index contributed by atoms with van der Waals surface area (Å²) in [7, 11) is 5.57. The van der Waals surface area contributed by atoms with Gasteiger partial charge < -0.3 is 9.47 Å². The molecule has 0 aliphatic heterocycles. The van der Waals surface area contributed by atoms with E-state index in [0.717, 1.165) is 25.7 Å². The first kappa shape index (κ1) is 14.1. The summed E-state index contributed by atoms with van der Waals surface area (Å²) in [6, 6.07) is 0.0852. The molecular weight excluding hydrogens is 242 g/mol. The molecule has 1 aromatic rings. The van der Waals surface area contributed by atoms with E-state index >= 15 is 0 Å². The Morgan fingerprint density at radius 2 is 1.84 bits per heavy atom. The molecule has 0 aromatic carbocycles. The van der Waals surface area contributed by atoms with Gasteiger partial charge in [-0.1, -0.05) is 19.3 Å². The molecule has 106 valence electrons. The monoisotopic (exact) mass is 265 g/mol. The third-order valence-corrected chi connectivity index (χ3v) is 3.78. The van der Waals surface area contributed by atoms with Crippen molar-refractivity contribution < 1.29 is 0 Å². The van der Waals surface area contributed by atoms with Gasteiger partial charge in [-0.3, -0.25) is 9.36 Å². The second-order valence-electron chi connectivity index (χ2n) is 5.75. The lowest BCUT2D eigenvalue weighted by molar-refractivity contribution is 0.325. The van der Waals surface area contributed by atoms with Crippen LogP contribution in [0.2, 0.25) is 0 Å². The Morgan fingerprint density at radius 3 is 2.42 bits per heavy atom. The van der Waals surface area contributed by atoms with Crippen molar-refractivity contribution in [2.75, 3.05) is 14.1 Å². The van der Waals surface area contributed by atoms with Gasteiger partial charge in [0.15, 0.2) is 0 Å². The second kappa shape index (κ2) is 5.74. The van der Waals surface area contributed by atoms with E-state index < -0.39 is 0 Å². The fourth-order valence-corrected chi connectivity index (χ4v) is 2.87. The van der Waals surface area contributed by atoms with Crippen LogP contribution in [0.4, 0.5) is 0 Å². The zero-order valence-corrected chi connectivity index (χ0v) is 12.1. The molecule has 0 spiro atoms. The smallest absolute Gasteiger partial charge is 0.305 e. The summed E-state index contributed by atoms with van der Waals surface area (Å²) in [4.78, 5) is 26.7. The SMILES string of the molecule is CN(C)Cc1cn(C)c(=O)n(C2CCCCC2)c1=O. The number of nitrogens with zero attached hydrogens (tertiary/aromatic N) is 3. The van der Waals surface area contributed by atoms with E-state index in [-0.39, 0.29) is 17.3 Å². The number of rotatable bonds is 3. The summed E-state index contributed by atoms with van der Waals surface area (Å²) in [5.41, 5.74) is 0.403. The van der Waals surface area contributed by atoms with Gasteiger partial charge in [-0.25, -0.2) is 4.79 Å². The molecule has 0 saturated heterocycles. The summed E-state index contributed by atoms with van der Waals surface area (Å²) in [6.45, 7) is 0.569. The maximum Gasteiger partial charge on any atom is 0.330 e. The van der Waals surface area contributed by atoms with Gasteiger partial charge in [0, 0.05) is 31.4 Å². The van der Waals surface area contributed by atoms with Crippen LogP contribution in [-0.4, -0.2) is 28.1 Å². The van der Waals surface area contributed by atoms with Gasteiger partial charge in [0.1, 0.15) is 0 Å². The number of aryl methyl sites for hydroxylation is 1. The van der Waals surface area contributed by atoms with Crippen LogP contribution >= 0.6 is 0 Å². The highest BCUT2D eigenvalue weighted by Crippen LogP contribution is 2.25. The third kappa shape index (κ3) is 2.97. The number of hydrogen-bond donors (Lipinski definition) is 0. The van der Waals surface area contributed by atoms with Crippen molar-refractivity contribution >= 4 is 0 Å². The van der Waals surface area contributed by atoms with E-state index in [1.165, 1.54) is 15.6 Å². The van der Waals surface area contributed by atoms with E-state index in [9.17, 15) is 9.59 Å². The predicted octanol–water partition coefficient (Wildman–Crippen LogP) is 1.11. The van der Waals surface area contributed by atoms with Gasteiger partial charge in [0.25, 0.3) is 5.56 Å². The molecule has 0 amide bonds. The molecular formula is C14H23N3O2. The summed E-state index contributed by atoms with van der Waals surface area (Å²) >= 11 is 0. The Morgan fingerprint density at radius 1 is 1.21 bits per heavy atom. The largest absolute Gasteiger partial charge is 0.330 e. The lowest BCUT2D eigenvalue weighted by atomic mass is 9.95. The maximum absolute atomic E-state index is 12.5. The summed E-state index contributed by atoms with van der Waals surface area (Å²) in [5.74, 6) is 0. The molecule has 0 bridgehead atoms. The van der Waals surface area contributed by atoms with Crippen LogP contribution in [0.15, 0.2) is 15.8 Å².